The van der Waals surface area contributed by atoms with E-state index in [4.69, 9.17) is 4.74 Å². The van der Waals surface area contributed by atoms with Crippen LogP contribution in [0.15, 0.2) is 60.9 Å². The number of esters is 1. The number of rotatable bonds is 4. The van der Waals surface area contributed by atoms with Crippen LogP contribution in [0.1, 0.15) is 17.3 Å². The molecule has 6 heteroatoms. The predicted molar refractivity (Wildman–Crippen MR) is 89.5 cm³/mol. The molecule has 2 aromatic carbocycles. The van der Waals surface area contributed by atoms with Gasteiger partial charge < -0.3 is 10.1 Å². The summed E-state index contributed by atoms with van der Waals surface area (Å²) < 4.78 is 5.26. The number of hydrogen-bond acceptors (Lipinski definition) is 5. The molecule has 1 unspecified atom stereocenters. The van der Waals surface area contributed by atoms with E-state index >= 15 is 0 Å². The molecular formula is C18H15N3O3. The van der Waals surface area contributed by atoms with E-state index in [1.165, 1.54) is 13.1 Å². The summed E-state index contributed by atoms with van der Waals surface area (Å²) in [5, 5.41) is 2.69. The number of carbonyl (C=O) groups excluding carboxylic acids is 2. The van der Waals surface area contributed by atoms with E-state index in [2.05, 4.69) is 15.3 Å². The minimum Gasteiger partial charge on any atom is -0.449 e. The topological polar surface area (TPSA) is 81.2 Å². The molecule has 0 aliphatic heterocycles. The molecule has 24 heavy (non-hydrogen) atoms. The van der Waals surface area contributed by atoms with Crippen LogP contribution in [-0.2, 0) is 9.53 Å². The Morgan fingerprint density at radius 2 is 1.75 bits per heavy atom. The normalized spacial score (nSPS) is 11.7. The number of amides is 1. The SMILES string of the molecule is CC(OC(=O)c1cccc2nccnc12)C(=O)Nc1ccccc1. The lowest BCUT2D eigenvalue weighted by Crippen LogP contribution is -2.30. The summed E-state index contributed by atoms with van der Waals surface area (Å²) in [6.45, 7) is 1.52. The summed E-state index contributed by atoms with van der Waals surface area (Å²) in [4.78, 5) is 32.8. The highest BCUT2D eigenvalue weighted by Crippen LogP contribution is 2.16. The summed E-state index contributed by atoms with van der Waals surface area (Å²) in [6, 6.07) is 14.0. The van der Waals surface area contributed by atoms with Crippen molar-refractivity contribution in [3.63, 3.8) is 0 Å². The third-order valence-corrected chi connectivity index (χ3v) is 3.41. The molecule has 1 atom stereocenters. The fourth-order valence-corrected chi connectivity index (χ4v) is 2.20. The summed E-state index contributed by atoms with van der Waals surface area (Å²) in [6.07, 6.45) is 2.11. The van der Waals surface area contributed by atoms with Crippen molar-refractivity contribution < 1.29 is 14.3 Å². The van der Waals surface area contributed by atoms with Crippen molar-refractivity contribution in [3.8, 4) is 0 Å². The third kappa shape index (κ3) is 3.38. The van der Waals surface area contributed by atoms with Gasteiger partial charge in [0, 0.05) is 18.1 Å². The lowest BCUT2D eigenvalue weighted by molar-refractivity contribution is -0.123. The van der Waals surface area contributed by atoms with Crippen molar-refractivity contribution in [1.29, 1.82) is 0 Å². The van der Waals surface area contributed by atoms with E-state index in [9.17, 15) is 9.59 Å². The quantitative estimate of drug-likeness (QED) is 0.747. The molecule has 3 aromatic rings. The van der Waals surface area contributed by atoms with Crippen LogP contribution in [0.4, 0.5) is 5.69 Å². The lowest BCUT2D eigenvalue weighted by atomic mass is 10.2. The summed E-state index contributed by atoms with van der Waals surface area (Å²) in [7, 11) is 0. The summed E-state index contributed by atoms with van der Waals surface area (Å²) >= 11 is 0. The molecule has 0 saturated carbocycles. The summed E-state index contributed by atoms with van der Waals surface area (Å²) in [5.74, 6) is -1.02. The van der Waals surface area contributed by atoms with E-state index in [-0.39, 0.29) is 5.56 Å². The fourth-order valence-electron chi connectivity index (χ4n) is 2.20. The Balaban J connectivity index is 1.72. The van der Waals surface area contributed by atoms with Crippen LogP contribution in [0, 0.1) is 0 Å². The molecule has 0 radical (unpaired) electrons. The monoisotopic (exact) mass is 321 g/mol. The molecule has 0 spiro atoms. The molecule has 0 bridgehead atoms. The van der Waals surface area contributed by atoms with Crippen molar-refractivity contribution in [3.05, 3.63) is 66.5 Å². The van der Waals surface area contributed by atoms with Crippen LogP contribution in [0.2, 0.25) is 0 Å². The average Bonchev–Trinajstić information content (AvgIpc) is 2.62. The van der Waals surface area contributed by atoms with Crippen LogP contribution in [0.5, 0.6) is 0 Å². The van der Waals surface area contributed by atoms with Crippen molar-refractivity contribution in [2.75, 3.05) is 5.32 Å². The van der Waals surface area contributed by atoms with Crippen LogP contribution in [-0.4, -0.2) is 27.9 Å². The number of anilines is 1. The highest BCUT2D eigenvalue weighted by molar-refractivity contribution is 6.03. The maximum atomic E-state index is 12.4. The van der Waals surface area contributed by atoms with Gasteiger partial charge in [-0.3, -0.25) is 14.8 Å². The second-order valence-electron chi connectivity index (χ2n) is 5.13. The first-order chi connectivity index (χ1) is 11.6. The molecule has 3 rings (SSSR count). The number of hydrogen-bond donors (Lipinski definition) is 1. The van der Waals surface area contributed by atoms with Gasteiger partial charge in [0.05, 0.1) is 11.1 Å². The zero-order valence-corrected chi connectivity index (χ0v) is 13.0. The van der Waals surface area contributed by atoms with E-state index in [1.807, 2.05) is 6.07 Å². The maximum Gasteiger partial charge on any atom is 0.341 e. The zero-order chi connectivity index (χ0) is 16.9. The first-order valence-electron chi connectivity index (χ1n) is 7.42. The molecule has 0 aliphatic rings. The number of nitrogens with zero attached hydrogens (tertiary/aromatic N) is 2. The van der Waals surface area contributed by atoms with Gasteiger partial charge in [0.15, 0.2) is 6.10 Å². The largest absolute Gasteiger partial charge is 0.449 e. The summed E-state index contributed by atoms with van der Waals surface area (Å²) in [5.41, 5.74) is 1.95. The van der Waals surface area contributed by atoms with Gasteiger partial charge in [0.2, 0.25) is 0 Å². The minimum absolute atomic E-state index is 0.278. The van der Waals surface area contributed by atoms with Gasteiger partial charge in [-0.1, -0.05) is 24.3 Å². The molecule has 0 fully saturated rings. The molecule has 120 valence electrons. The highest BCUT2D eigenvalue weighted by Gasteiger charge is 2.21. The number of carbonyl (C=O) groups is 2. The molecule has 1 aromatic heterocycles. The Morgan fingerprint density at radius 3 is 2.54 bits per heavy atom. The first kappa shape index (κ1) is 15.6. The van der Waals surface area contributed by atoms with Crippen molar-refractivity contribution in [1.82, 2.24) is 9.97 Å². The van der Waals surface area contributed by atoms with Gasteiger partial charge in [0.25, 0.3) is 5.91 Å². The van der Waals surface area contributed by atoms with E-state index in [1.54, 1.807) is 48.7 Å². The van der Waals surface area contributed by atoms with Gasteiger partial charge in [-0.25, -0.2) is 4.79 Å². The molecule has 1 N–H and O–H groups in total. The smallest absolute Gasteiger partial charge is 0.341 e. The van der Waals surface area contributed by atoms with E-state index < -0.39 is 18.0 Å². The molecule has 0 saturated heterocycles. The Labute approximate surface area is 138 Å². The third-order valence-electron chi connectivity index (χ3n) is 3.41. The zero-order valence-electron chi connectivity index (χ0n) is 13.0. The number of ether oxygens (including phenoxy) is 1. The van der Waals surface area contributed by atoms with E-state index in [0.29, 0.717) is 16.7 Å². The van der Waals surface area contributed by atoms with E-state index in [0.717, 1.165) is 0 Å². The number of nitrogens with one attached hydrogen (secondary N) is 1. The van der Waals surface area contributed by atoms with Crippen LogP contribution >= 0.6 is 0 Å². The molecule has 0 aliphatic carbocycles. The fraction of sp³-hybridized carbons (Fsp3) is 0.111. The van der Waals surface area contributed by atoms with Crippen LogP contribution < -0.4 is 5.32 Å². The van der Waals surface area contributed by atoms with Crippen molar-refractivity contribution >= 4 is 28.6 Å². The van der Waals surface area contributed by atoms with Crippen LogP contribution in [0.3, 0.4) is 0 Å². The van der Waals surface area contributed by atoms with Crippen molar-refractivity contribution in [2.45, 2.75) is 13.0 Å². The standard InChI is InChI=1S/C18H15N3O3/c1-12(17(22)21-13-6-3-2-4-7-13)24-18(23)14-8-5-9-15-16(14)20-11-10-19-15/h2-12H,1H3,(H,21,22). The van der Waals surface area contributed by atoms with Gasteiger partial charge in [-0.05, 0) is 31.2 Å². The Morgan fingerprint density at radius 1 is 1.00 bits per heavy atom. The molecule has 1 amide bonds. The van der Waals surface area contributed by atoms with Crippen LogP contribution in [0.25, 0.3) is 11.0 Å². The van der Waals surface area contributed by atoms with Gasteiger partial charge in [-0.2, -0.15) is 0 Å². The minimum atomic E-state index is -0.940. The number of aromatic nitrogens is 2. The Kier molecular flexibility index (Phi) is 4.47. The Hall–Kier alpha value is -3.28. The maximum absolute atomic E-state index is 12.4. The van der Waals surface area contributed by atoms with Crippen molar-refractivity contribution in [2.24, 2.45) is 0 Å². The number of benzene rings is 2. The van der Waals surface area contributed by atoms with Gasteiger partial charge in [-0.15, -0.1) is 0 Å². The molecule has 6 nitrogen and oxygen atoms in total. The molecule has 1 heterocycles. The Bertz CT molecular complexity index is 876. The predicted octanol–water partition coefficient (Wildman–Crippen LogP) is 2.81. The van der Waals surface area contributed by atoms with Gasteiger partial charge in [0.1, 0.15) is 5.52 Å². The number of fused-ring (bicyclic) bond motifs is 1. The average molecular weight is 321 g/mol. The lowest BCUT2D eigenvalue weighted by Gasteiger charge is -2.14. The molecular weight excluding hydrogens is 306 g/mol. The second-order valence-corrected chi connectivity index (χ2v) is 5.13. The second kappa shape index (κ2) is 6.87. The number of para-hydroxylation sites is 2. The highest BCUT2D eigenvalue weighted by atomic mass is 16.5. The first-order valence-corrected chi connectivity index (χ1v) is 7.42. The van der Waals surface area contributed by atoms with Gasteiger partial charge >= 0.3 is 5.97 Å².